The second kappa shape index (κ2) is 8.70. The van der Waals surface area contributed by atoms with E-state index in [4.69, 9.17) is 13.9 Å². The Morgan fingerprint density at radius 1 is 1.10 bits per heavy atom. The summed E-state index contributed by atoms with van der Waals surface area (Å²) in [6.07, 6.45) is 3.13. The minimum atomic E-state index is -0.284. The van der Waals surface area contributed by atoms with Crippen LogP contribution in [-0.4, -0.2) is 29.3 Å². The van der Waals surface area contributed by atoms with Crippen LogP contribution in [0.15, 0.2) is 64.4 Å². The van der Waals surface area contributed by atoms with Gasteiger partial charge in [0.2, 0.25) is 12.7 Å². The van der Waals surface area contributed by atoms with Crippen LogP contribution < -0.4 is 20.1 Å². The molecule has 148 valence electrons. The molecule has 29 heavy (non-hydrogen) atoms. The summed E-state index contributed by atoms with van der Waals surface area (Å²) >= 11 is 1.19. The minimum Gasteiger partial charge on any atom is -0.467 e. The van der Waals surface area contributed by atoms with E-state index in [1.807, 2.05) is 0 Å². The fourth-order valence-electron chi connectivity index (χ4n) is 2.66. The Hall–Kier alpha value is -3.46. The van der Waals surface area contributed by atoms with Crippen LogP contribution in [-0.2, 0) is 11.3 Å². The third kappa shape index (κ3) is 4.69. The van der Waals surface area contributed by atoms with Crippen molar-refractivity contribution >= 4 is 29.3 Å². The fourth-order valence-corrected chi connectivity index (χ4v) is 3.45. The van der Waals surface area contributed by atoms with Gasteiger partial charge in [-0.1, -0.05) is 11.8 Å². The maximum Gasteiger partial charge on any atom is 0.254 e. The second-order valence-electron chi connectivity index (χ2n) is 6.02. The van der Waals surface area contributed by atoms with Gasteiger partial charge >= 0.3 is 0 Å². The van der Waals surface area contributed by atoms with Crippen LogP contribution in [0.1, 0.15) is 16.1 Å². The summed E-state index contributed by atoms with van der Waals surface area (Å²) < 4.78 is 15.8. The van der Waals surface area contributed by atoms with Crippen molar-refractivity contribution in [1.29, 1.82) is 0 Å². The molecule has 0 fully saturated rings. The predicted octanol–water partition coefficient (Wildman–Crippen LogP) is 3.06. The van der Waals surface area contributed by atoms with E-state index in [0.717, 1.165) is 0 Å². The standard InChI is InChI=1S/C20H17N3O5S/c24-18(23-13-5-6-16-17(9-13)28-12-27-16)11-29-20-15(4-1-7-21-20)19(25)22-10-14-3-2-8-26-14/h1-9H,10-12H2,(H,22,25)(H,23,24). The molecule has 2 amide bonds. The monoisotopic (exact) mass is 411 g/mol. The summed E-state index contributed by atoms with van der Waals surface area (Å²) in [5.74, 6) is 1.49. The van der Waals surface area contributed by atoms with E-state index in [2.05, 4.69) is 15.6 Å². The molecule has 9 heteroatoms. The number of carbonyl (C=O) groups excluding carboxylic acids is 2. The van der Waals surface area contributed by atoms with Gasteiger partial charge in [-0.2, -0.15) is 0 Å². The molecule has 0 radical (unpaired) electrons. The Morgan fingerprint density at radius 2 is 2.00 bits per heavy atom. The molecule has 8 nitrogen and oxygen atoms in total. The number of thioether (sulfide) groups is 1. The lowest BCUT2D eigenvalue weighted by atomic mass is 10.2. The second-order valence-corrected chi connectivity index (χ2v) is 6.99. The Balaban J connectivity index is 1.34. The molecule has 0 spiro atoms. The van der Waals surface area contributed by atoms with Crippen LogP contribution in [0.25, 0.3) is 0 Å². The van der Waals surface area contributed by atoms with Gasteiger partial charge in [-0.15, -0.1) is 0 Å². The molecule has 1 aliphatic rings. The first-order valence-corrected chi connectivity index (χ1v) is 9.75. The zero-order chi connectivity index (χ0) is 20.1. The number of nitrogens with one attached hydrogen (secondary N) is 2. The molecule has 0 saturated heterocycles. The van der Waals surface area contributed by atoms with Crippen LogP contribution in [0.2, 0.25) is 0 Å². The van der Waals surface area contributed by atoms with Crippen LogP contribution >= 0.6 is 11.8 Å². The van der Waals surface area contributed by atoms with Gasteiger partial charge in [0.15, 0.2) is 11.5 Å². The van der Waals surface area contributed by atoms with Crippen molar-refractivity contribution in [2.75, 3.05) is 17.9 Å². The van der Waals surface area contributed by atoms with Crippen molar-refractivity contribution in [2.24, 2.45) is 0 Å². The highest BCUT2D eigenvalue weighted by Crippen LogP contribution is 2.34. The summed E-state index contributed by atoms with van der Waals surface area (Å²) in [4.78, 5) is 29.0. The number of nitrogens with zero attached hydrogens (tertiary/aromatic N) is 1. The van der Waals surface area contributed by atoms with E-state index in [-0.39, 0.29) is 30.9 Å². The van der Waals surface area contributed by atoms with E-state index in [0.29, 0.717) is 33.5 Å². The maximum absolute atomic E-state index is 12.5. The number of rotatable bonds is 7. The van der Waals surface area contributed by atoms with Crippen molar-refractivity contribution < 1.29 is 23.5 Å². The van der Waals surface area contributed by atoms with Gasteiger partial charge in [-0.05, 0) is 36.4 Å². The number of benzene rings is 1. The van der Waals surface area contributed by atoms with Gasteiger partial charge in [0, 0.05) is 18.0 Å². The van der Waals surface area contributed by atoms with E-state index >= 15 is 0 Å². The zero-order valence-corrected chi connectivity index (χ0v) is 16.0. The molecular formula is C20H17N3O5S. The average Bonchev–Trinajstić information content (AvgIpc) is 3.42. The van der Waals surface area contributed by atoms with Gasteiger partial charge in [0.25, 0.3) is 5.91 Å². The van der Waals surface area contributed by atoms with Crippen LogP contribution in [0.3, 0.4) is 0 Å². The number of carbonyl (C=O) groups is 2. The molecular weight excluding hydrogens is 394 g/mol. The highest BCUT2D eigenvalue weighted by molar-refractivity contribution is 8.00. The number of aromatic nitrogens is 1. The Morgan fingerprint density at radius 3 is 2.86 bits per heavy atom. The number of fused-ring (bicyclic) bond motifs is 1. The third-order valence-corrected chi connectivity index (χ3v) is 5.02. The van der Waals surface area contributed by atoms with E-state index in [9.17, 15) is 9.59 Å². The van der Waals surface area contributed by atoms with Gasteiger partial charge in [-0.25, -0.2) is 4.98 Å². The molecule has 0 unspecified atom stereocenters. The topological polar surface area (TPSA) is 103 Å². The van der Waals surface area contributed by atoms with Gasteiger partial charge < -0.3 is 24.5 Å². The normalized spacial score (nSPS) is 11.9. The molecule has 2 aromatic heterocycles. The third-order valence-electron chi connectivity index (χ3n) is 4.02. The highest BCUT2D eigenvalue weighted by atomic mass is 32.2. The fraction of sp³-hybridized carbons (Fsp3) is 0.150. The largest absolute Gasteiger partial charge is 0.467 e. The van der Waals surface area contributed by atoms with Crippen LogP contribution in [0.5, 0.6) is 11.5 Å². The molecule has 3 heterocycles. The van der Waals surface area contributed by atoms with Gasteiger partial charge in [0.05, 0.1) is 24.1 Å². The van der Waals surface area contributed by atoms with Crippen molar-refractivity contribution in [3.63, 3.8) is 0 Å². The lowest BCUT2D eigenvalue weighted by molar-refractivity contribution is -0.113. The Kier molecular flexibility index (Phi) is 5.66. The smallest absolute Gasteiger partial charge is 0.254 e. The molecule has 0 bridgehead atoms. The van der Waals surface area contributed by atoms with Crippen molar-refractivity contribution in [3.8, 4) is 11.5 Å². The first-order valence-electron chi connectivity index (χ1n) is 8.77. The lowest BCUT2D eigenvalue weighted by Crippen LogP contribution is -2.23. The van der Waals surface area contributed by atoms with Crippen molar-refractivity contribution in [2.45, 2.75) is 11.6 Å². The maximum atomic E-state index is 12.5. The van der Waals surface area contributed by atoms with Gasteiger partial charge in [-0.3, -0.25) is 9.59 Å². The predicted molar refractivity (Wildman–Crippen MR) is 106 cm³/mol. The number of ether oxygens (including phenoxy) is 2. The molecule has 1 aromatic carbocycles. The summed E-state index contributed by atoms with van der Waals surface area (Å²) in [5, 5.41) is 6.06. The molecule has 2 N–H and O–H groups in total. The quantitative estimate of drug-likeness (QED) is 0.576. The summed E-state index contributed by atoms with van der Waals surface area (Å²) in [7, 11) is 0. The zero-order valence-electron chi connectivity index (χ0n) is 15.2. The molecule has 0 saturated carbocycles. The molecule has 1 aliphatic heterocycles. The van der Waals surface area contributed by atoms with E-state index in [1.54, 1.807) is 54.9 Å². The van der Waals surface area contributed by atoms with Crippen molar-refractivity contribution in [1.82, 2.24) is 10.3 Å². The molecule has 0 aliphatic carbocycles. The number of hydrogen-bond acceptors (Lipinski definition) is 7. The molecule has 0 atom stereocenters. The average molecular weight is 411 g/mol. The Bertz CT molecular complexity index is 1020. The first-order chi connectivity index (χ1) is 14.2. The first kappa shape index (κ1) is 18.9. The van der Waals surface area contributed by atoms with Crippen molar-refractivity contribution in [3.05, 3.63) is 66.2 Å². The minimum absolute atomic E-state index is 0.101. The highest BCUT2D eigenvalue weighted by Gasteiger charge is 2.16. The molecule has 3 aromatic rings. The number of anilines is 1. The number of pyridine rings is 1. The van der Waals surface area contributed by atoms with Gasteiger partial charge in [0.1, 0.15) is 10.8 Å². The summed E-state index contributed by atoms with van der Waals surface area (Å²) in [5.41, 5.74) is 1.01. The van der Waals surface area contributed by atoms with Crippen LogP contribution in [0.4, 0.5) is 5.69 Å². The summed E-state index contributed by atoms with van der Waals surface area (Å²) in [6, 6.07) is 12.1. The lowest BCUT2D eigenvalue weighted by Gasteiger charge is -2.09. The SMILES string of the molecule is O=C(CSc1ncccc1C(=O)NCc1ccco1)Nc1ccc2c(c1)OCO2. The van der Waals surface area contributed by atoms with E-state index in [1.165, 1.54) is 11.8 Å². The number of amides is 2. The van der Waals surface area contributed by atoms with Crippen LogP contribution in [0, 0.1) is 0 Å². The van der Waals surface area contributed by atoms with E-state index < -0.39 is 0 Å². The summed E-state index contributed by atoms with van der Waals surface area (Å²) in [6.45, 7) is 0.447. The number of hydrogen-bond donors (Lipinski definition) is 2. The number of furan rings is 1. The Labute approximate surface area is 170 Å². The molecule has 4 rings (SSSR count).